The first-order valence-corrected chi connectivity index (χ1v) is 6.15. The maximum absolute atomic E-state index is 10.8. The van der Waals surface area contributed by atoms with Crippen molar-refractivity contribution in [3.05, 3.63) is 33.4 Å². The highest BCUT2D eigenvalue weighted by Crippen LogP contribution is 2.27. The zero-order chi connectivity index (χ0) is 13.5. The molecule has 5 heteroatoms. The van der Waals surface area contributed by atoms with Crippen molar-refractivity contribution in [3.8, 4) is 5.75 Å². The molecule has 0 fully saturated rings. The molecule has 0 bridgehead atoms. The Morgan fingerprint density at radius 2 is 2.00 bits per heavy atom. The van der Waals surface area contributed by atoms with Crippen LogP contribution in [0.4, 0.5) is 5.69 Å². The summed E-state index contributed by atoms with van der Waals surface area (Å²) in [4.78, 5) is 10.5. The lowest BCUT2D eigenvalue weighted by Crippen LogP contribution is -2.21. The highest BCUT2D eigenvalue weighted by atomic mass is 16.6. The molecule has 1 rings (SSSR count). The number of hydrogen-bond donors (Lipinski definition) is 1. The minimum absolute atomic E-state index is 0.108. The van der Waals surface area contributed by atoms with Crippen LogP contribution in [0, 0.1) is 24.0 Å². The van der Waals surface area contributed by atoms with Crippen molar-refractivity contribution in [1.29, 1.82) is 0 Å². The number of ether oxygens (including phenoxy) is 1. The predicted molar refractivity (Wildman–Crippen MR) is 71.2 cm³/mol. The number of hydrogen-bond acceptors (Lipinski definition) is 4. The average Bonchev–Trinajstić information content (AvgIpc) is 2.30. The van der Waals surface area contributed by atoms with Gasteiger partial charge in [-0.1, -0.05) is 6.92 Å². The number of aryl methyl sites for hydroxylation is 2. The summed E-state index contributed by atoms with van der Waals surface area (Å²) in [6, 6.07) is 3.29. The first-order chi connectivity index (χ1) is 8.56. The zero-order valence-electron chi connectivity index (χ0n) is 11.2. The Hall–Kier alpha value is -1.62. The van der Waals surface area contributed by atoms with Crippen LogP contribution in [0.25, 0.3) is 0 Å². The van der Waals surface area contributed by atoms with Crippen molar-refractivity contribution in [3.63, 3.8) is 0 Å². The molecule has 0 amide bonds. The number of nitro benzene ring substituents is 1. The van der Waals surface area contributed by atoms with Crippen molar-refractivity contribution in [2.24, 2.45) is 0 Å². The average molecular weight is 252 g/mol. The molecule has 0 radical (unpaired) electrons. The molecule has 1 aromatic carbocycles. The molecule has 0 aliphatic carbocycles. The van der Waals surface area contributed by atoms with Crippen LogP contribution in [0.1, 0.15) is 24.5 Å². The van der Waals surface area contributed by atoms with E-state index in [0.717, 1.165) is 25.1 Å². The van der Waals surface area contributed by atoms with Gasteiger partial charge in [-0.3, -0.25) is 10.1 Å². The van der Waals surface area contributed by atoms with Crippen molar-refractivity contribution < 1.29 is 9.66 Å². The largest absolute Gasteiger partial charge is 0.492 e. The van der Waals surface area contributed by atoms with E-state index in [4.69, 9.17) is 4.74 Å². The van der Waals surface area contributed by atoms with E-state index < -0.39 is 0 Å². The molecule has 1 aromatic rings. The second kappa shape index (κ2) is 6.96. The number of nitro groups is 1. The molecule has 0 aliphatic heterocycles. The van der Waals surface area contributed by atoms with Crippen LogP contribution in [-0.2, 0) is 0 Å². The maximum atomic E-state index is 10.8. The lowest BCUT2D eigenvalue weighted by molar-refractivity contribution is -0.385. The van der Waals surface area contributed by atoms with Gasteiger partial charge in [0.15, 0.2) is 0 Å². The minimum Gasteiger partial charge on any atom is -0.492 e. The zero-order valence-corrected chi connectivity index (χ0v) is 11.2. The SMILES string of the molecule is CCCNCCOc1cc([N+](=O)[O-])c(C)cc1C. The van der Waals surface area contributed by atoms with Crippen LogP contribution in [0.3, 0.4) is 0 Å². The summed E-state index contributed by atoms with van der Waals surface area (Å²) in [5.41, 5.74) is 1.69. The molecule has 18 heavy (non-hydrogen) atoms. The van der Waals surface area contributed by atoms with E-state index in [2.05, 4.69) is 12.2 Å². The standard InChI is InChI=1S/C13H20N2O3/c1-4-5-14-6-7-18-13-9-12(15(16)17)10(2)8-11(13)3/h8-9,14H,4-7H2,1-3H3. The Kier molecular flexibility index (Phi) is 5.58. The Labute approximate surface area is 107 Å². The molecular formula is C13H20N2O3. The monoisotopic (exact) mass is 252 g/mol. The van der Waals surface area contributed by atoms with Gasteiger partial charge in [-0.05, 0) is 38.4 Å². The smallest absolute Gasteiger partial charge is 0.276 e. The Bertz CT molecular complexity index is 419. The molecule has 1 N–H and O–H groups in total. The van der Waals surface area contributed by atoms with Crippen molar-refractivity contribution in [1.82, 2.24) is 5.32 Å². The van der Waals surface area contributed by atoms with Crippen molar-refractivity contribution in [2.75, 3.05) is 19.7 Å². The third kappa shape index (κ3) is 4.00. The summed E-state index contributed by atoms with van der Waals surface area (Å²) in [6.45, 7) is 7.94. The first kappa shape index (κ1) is 14.4. The molecule has 0 heterocycles. The molecule has 5 nitrogen and oxygen atoms in total. The molecule has 100 valence electrons. The molecular weight excluding hydrogens is 232 g/mol. The van der Waals surface area contributed by atoms with Crippen molar-refractivity contribution in [2.45, 2.75) is 27.2 Å². The van der Waals surface area contributed by atoms with Crippen LogP contribution in [0.15, 0.2) is 12.1 Å². The molecule has 0 saturated heterocycles. The summed E-state index contributed by atoms with van der Waals surface area (Å²) >= 11 is 0. The third-order valence-electron chi connectivity index (χ3n) is 2.65. The number of benzene rings is 1. The fourth-order valence-electron chi connectivity index (χ4n) is 1.71. The minimum atomic E-state index is -0.378. The van der Waals surface area contributed by atoms with Crippen LogP contribution in [0.5, 0.6) is 5.75 Å². The van der Waals surface area contributed by atoms with Gasteiger partial charge < -0.3 is 10.1 Å². The van der Waals surface area contributed by atoms with Gasteiger partial charge in [0, 0.05) is 12.1 Å². The maximum Gasteiger partial charge on any atom is 0.276 e. The summed E-state index contributed by atoms with van der Waals surface area (Å²) in [5.74, 6) is 0.589. The van der Waals surface area contributed by atoms with Gasteiger partial charge in [-0.15, -0.1) is 0 Å². The quantitative estimate of drug-likeness (QED) is 0.460. The van der Waals surface area contributed by atoms with Crippen LogP contribution < -0.4 is 10.1 Å². The number of nitrogens with zero attached hydrogens (tertiary/aromatic N) is 1. The molecule has 0 spiro atoms. The molecule has 0 atom stereocenters. The molecule has 0 unspecified atom stereocenters. The Morgan fingerprint density at radius 1 is 1.28 bits per heavy atom. The van der Waals surface area contributed by atoms with E-state index in [1.807, 2.05) is 6.92 Å². The number of nitrogens with one attached hydrogen (secondary N) is 1. The summed E-state index contributed by atoms with van der Waals surface area (Å²) in [6.07, 6.45) is 1.08. The Morgan fingerprint density at radius 3 is 2.61 bits per heavy atom. The highest BCUT2D eigenvalue weighted by molar-refractivity contribution is 5.49. The van der Waals surface area contributed by atoms with E-state index in [1.165, 1.54) is 6.07 Å². The predicted octanol–water partition coefficient (Wildman–Crippen LogP) is 2.59. The van der Waals surface area contributed by atoms with Crippen molar-refractivity contribution >= 4 is 5.69 Å². The first-order valence-electron chi connectivity index (χ1n) is 6.15. The summed E-state index contributed by atoms with van der Waals surface area (Å²) in [5, 5.41) is 14.1. The highest BCUT2D eigenvalue weighted by Gasteiger charge is 2.14. The van der Waals surface area contributed by atoms with Gasteiger partial charge >= 0.3 is 0 Å². The van der Waals surface area contributed by atoms with E-state index in [0.29, 0.717) is 17.9 Å². The molecule has 0 aromatic heterocycles. The van der Waals surface area contributed by atoms with Crippen LogP contribution >= 0.6 is 0 Å². The Balaban J connectivity index is 2.65. The second-order valence-electron chi connectivity index (χ2n) is 4.26. The van der Waals surface area contributed by atoms with E-state index >= 15 is 0 Å². The van der Waals surface area contributed by atoms with Gasteiger partial charge in [0.05, 0.1) is 11.0 Å². The van der Waals surface area contributed by atoms with Crippen LogP contribution in [0.2, 0.25) is 0 Å². The number of rotatable bonds is 7. The fraction of sp³-hybridized carbons (Fsp3) is 0.538. The molecule has 0 saturated carbocycles. The van der Waals surface area contributed by atoms with Gasteiger partial charge in [0.2, 0.25) is 0 Å². The van der Waals surface area contributed by atoms with Crippen LogP contribution in [-0.4, -0.2) is 24.6 Å². The summed E-state index contributed by atoms with van der Waals surface area (Å²) in [7, 11) is 0. The molecule has 0 aliphatic rings. The van der Waals surface area contributed by atoms with Gasteiger partial charge in [0.1, 0.15) is 12.4 Å². The normalized spacial score (nSPS) is 10.4. The summed E-state index contributed by atoms with van der Waals surface area (Å²) < 4.78 is 5.56. The fourth-order valence-corrected chi connectivity index (χ4v) is 1.71. The lowest BCUT2D eigenvalue weighted by Gasteiger charge is -2.10. The van der Waals surface area contributed by atoms with Gasteiger partial charge in [0.25, 0.3) is 5.69 Å². The van der Waals surface area contributed by atoms with Gasteiger partial charge in [-0.2, -0.15) is 0 Å². The second-order valence-corrected chi connectivity index (χ2v) is 4.26. The lowest BCUT2D eigenvalue weighted by atomic mass is 10.1. The third-order valence-corrected chi connectivity index (χ3v) is 2.65. The van der Waals surface area contributed by atoms with E-state index in [-0.39, 0.29) is 10.6 Å². The van der Waals surface area contributed by atoms with E-state index in [1.54, 1.807) is 13.0 Å². The topological polar surface area (TPSA) is 64.4 Å². The van der Waals surface area contributed by atoms with E-state index in [9.17, 15) is 10.1 Å². The van der Waals surface area contributed by atoms with Gasteiger partial charge in [-0.25, -0.2) is 0 Å².